The second-order valence-corrected chi connectivity index (χ2v) is 5.84. The average Bonchev–Trinajstić information content (AvgIpc) is 2.11. The van der Waals surface area contributed by atoms with E-state index in [-0.39, 0.29) is 5.41 Å². The van der Waals surface area contributed by atoms with E-state index in [1.165, 1.54) is 0 Å². The van der Waals surface area contributed by atoms with Crippen LogP contribution in [0.15, 0.2) is 0 Å². The maximum Gasteiger partial charge on any atom is 0.155 e. The van der Waals surface area contributed by atoms with Crippen molar-refractivity contribution < 1.29 is 0 Å². The Labute approximate surface area is 103 Å². The Kier molecular flexibility index (Phi) is 3.79. The number of aromatic nitrogens is 2. The normalized spacial score (nSPS) is 11.7. The molecule has 0 N–H and O–H groups in total. The zero-order valence-corrected chi connectivity index (χ0v) is 11.7. The summed E-state index contributed by atoms with van der Waals surface area (Å²) < 4.78 is 0. The molecule has 0 atom stereocenters. The van der Waals surface area contributed by atoms with Crippen molar-refractivity contribution in [2.45, 2.75) is 34.6 Å². The van der Waals surface area contributed by atoms with Crippen LogP contribution in [0.4, 0.5) is 5.82 Å². The van der Waals surface area contributed by atoms with Crippen LogP contribution < -0.4 is 4.90 Å². The molecule has 0 saturated carbocycles. The predicted octanol–water partition coefficient (Wildman–Crippen LogP) is 3.23. The van der Waals surface area contributed by atoms with Gasteiger partial charge in [0.15, 0.2) is 11.0 Å². The molecule has 1 rings (SSSR count). The van der Waals surface area contributed by atoms with Gasteiger partial charge in [0, 0.05) is 13.6 Å². The fourth-order valence-electron chi connectivity index (χ4n) is 1.71. The van der Waals surface area contributed by atoms with Crippen LogP contribution in [0.5, 0.6) is 0 Å². The van der Waals surface area contributed by atoms with Gasteiger partial charge in [-0.25, -0.2) is 0 Å². The lowest BCUT2D eigenvalue weighted by atomic mass is 9.96. The van der Waals surface area contributed by atoms with E-state index in [9.17, 15) is 0 Å². The number of rotatable bonds is 2. The number of anilines is 1. The lowest BCUT2D eigenvalue weighted by molar-refractivity contribution is 0.417. The van der Waals surface area contributed by atoms with E-state index in [1.54, 1.807) is 0 Å². The van der Waals surface area contributed by atoms with E-state index in [4.69, 9.17) is 11.6 Å². The first-order valence-corrected chi connectivity index (χ1v) is 5.80. The molecule has 0 aliphatic carbocycles. The van der Waals surface area contributed by atoms with E-state index < -0.39 is 0 Å². The minimum Gasteiger partial charge on any atom is -0.357 e. The topological polar surface area (TPSA) is 29.0 Å². The van der Waals surface area contributed by atoms with E-state index in [0.29, 0.717) is 5.15 Å². The third-order valence-corrected chi connectivity index (χ3v) is 2.87. The second kappa shape index (κ2) is 4.58. The van der Waals surface area contributed by atoms with Gasteiger partial charge in [0.2, 0.25) is 0 Å². The molecule has 0 unspecified atom stereocenters. The lowest BCUT2D eigenvalue weighted by Crippen LogP contribution is -2.30. The van der Waals surface area contributed by atoms with Crippen LogP contribution in [0.2, 0.25) is 5.15 Å². The summed E-state index contributed by atoms with van der Waals surface area (Å²) in [6.07, 6.45) is 0. The van der Waals surface area contributed by atoms with Gasteiger partial charge in [-0.3, -0.25) is 0 Å². The van der Waals surface area contributed by atoms with Crippen LogP contribution in [0, 0.1) is 19.3 Å². The second-order valence-electron chi connectivity index (χ2n) is 5.48. The van der Waals surface area contributed by atoms with Crippen molar-refractivity contribution in [1.29, 1.82) is 0 Å². The van der Waals surface area contributed by atoms with Crippen LogP contribution in [-0.2, 0) is 0 Å². The molecule has 3 nitrogen and oxygen atoms in total. The molecule has 0 amide bonds. The first-order chi connectivity index (χ1) is 7.22. The number of nitrogens with zero attached hydrogens (tertiary/aromatic N) is 3. The van der Waals surface area contributed by atoms with Gasteiger partial charge >= 0.3 is 0 Å². The molecule has 0 spiro atoms. The van der Waals surface area contributed by atoms with E-state index in [2.05, 4.69) is 35.9 Å². The Balaban J connectivity index is 3.01. The molecular formula is C12H20ClN3. The van der Waals surface area contributed by atoms with Crippen LogP contribution in [0.1, 0.15) is 31.9 Å². The first-order valence-electron chi connectivity index (χ1n) is 5.43. The monoisotopic (exact) mass is 241 g/mol. The van der Waals surface area contributed by atoms with Gasteiger partial charge in [0.25, 0.3) is 0 Å². The quantitative estimate of drug-likeness (QED) is 0.796. The van der Waals surface area contributed by atoms with Gasteiger partial charge in [-0.2, -0.15) is 0 Å². The van der Waals surface area contributed by atoms with E-state index >= 15 is 0 Å². The summed E-state index contributed by atoms with van der Waals surface area (Å²) in [5, 5.41) is 8.62. The molecular weight excluding hydrogens is 222 g/mol. The highest BCUT2D eigenvalue weighted by Gasteiger charge is 2.17. The van der Waals surface area contributed by atoms with E-state index in [1.807, 2.05) is 20.9 Å². The molecule has 16 heavy (non-hydrogen) atoms. The fraction of sp³-hybridized carbons (Fsp3) is 0.667. The summed E-state index contributed by atoms with van der Waals surface area (Å²) >= 11 is 5.93. The van der Waals surface area contributed by atoms with Crippen LogP contribution in [-0.4, -0.2) is 23.8 Å². The fourth-order valence-corrected chi connectivity index (χ4v) is 1.89. The van der Waals surface area contributed by atoms with Gasteiger partial charge in [0.05, 0.1) is 0 Å². The SMILES string of the molecule is Cc1c(Cl)nnc(N(C)CC(C)(C)C)c1C. The number of halogens is 1. The summed E-state index contributed by atoms with van der Waals surface area (Å²) in [7, 11) is 2.04. The van der Waals surface area contributed by atoms with Crippen LogP contribution in [0.25, 0.3) is 0 Å². The number of hydrogen-bond donors (Lipinski definition) is 0. The Hall–Kier alpha value is -0.830. The number of hydrogen-bond acceptors (Lipinski definition) is 3. The molecule has 4 heteroatoms. The Bertz CT molecular complexity index is 383. The third kappa shape index (κ3) is 3.08. The summed E-state index contributed by atoms with van der Waals surface area (Å²) in [6.45, 7) is 11.5. The van der Waals surface area contributed by atoms with E-state index in [0.717, 1.165) is 23.5 Å². The van der Waals surface area contributed by atoms with Crippen molar-refractivity contribution in [2.24, 2.45) is 5.41 Å². The molecule has 1 aromatic heterocycles. The van der Waals surface area contributed by atoms with Gasteiger partial charge in [-0.1, -0.05) is 32.4 Å². The van der Waals surface area contributed by atoms with Crippen molar-refractivity contribution in [3.8, 4) is 0 Å². The van der Waals surface area contributed by atoms with Crippen molar-refractivity contribution in [3.63, 3.8) is 0 Å². The molecule has 0 aliphatic rings. The smallest absolute Gasteiger partial charge is 0.155 e. The highest BCUT2D eigenvalue weighted by Crippen LogP contribution is 2.25. The Morgan fingerprint density at radius 2 is 1.69 bits per heavy atom. The zero-order valence-electron chi connectivity index (χ0n) is 10.9. The van der Waals surface area contributed by atoms with Crippen molar-refractivity contribution in [2.75, 3.05) is 18.5 Å². The Morgan fingerprint density at radius 3 is 2.19 bits per heavy atom. The lowest BCUT2D eigenvalue weighted by Gasteiger charge is -2.28. The molecule has 1 heterocycles. The minimum absolute atomic E-state index is 0.233. The standard InChI is InChI=1S/C12H20ClN3/c1-8-9(2)11(15-14-10(8)13)16(6)7-12(3,4)5/h7H2,1-6H3. The summed E-state index contributed by atoms with van der Waals surface area (Å²) in [5.74, 6) is 0.914. The predicted molar refractivity (Wildman–Crippen MR) is 69.2 cm³/mol. The van der Waals surface area contributed by atoms with Crippen LogP contribution in [0.3, 0.4) is 0 Å². The van der Waals surface area contributed by atoms with Crippen molar-refractivity contribution in [3.05, 3.63) is 16.3 Å². The van der Waals surface area contributed by atoms with Crippen molar-refractivity contribution >= 4 is 17.4 Å². The highest BCUT2D eigenvalue weighted by molar-refractivity contribution is 6.30. The van der Waals surface area contributed by atoms with Crippen LogP contribution >= 0.6 is 11.6 Å². The molecule has 90 valence electrons. The average molecular weight is 242 g/mol. The molecule has 0 radical (unpaired) electrons. The maximum absolute atomic E-state index is 5.93. The molecule has 1 aromatic rings. The van der Waals surface area contributed by atoms with Gasteiger partial charge < -0.3 is 4.90 Å². The molecule has 0 aliphatic heterocycles. The molecule has 0 bridgehead atoms. The maximum atomic E-state index is 5.93. The summed E-state index contributed by atoms with van der Waals surface area (Å²) in [5.41, 5.74) is 2.34. The summed E-state index contributed by atoms with van der Waals surface area (Å²) in [6, 6.07) is 0. The third-order valence-electron chi connectivity index (χ3n) is 2.51. The molecule has 0 aromatic carbocycles. The van der Waals surface area contributed by atoms with Crippen molar-refractivity contribution in [1.82, 2.24) is 10.2 Å². The zero-order chi connectivity index (χ0) is 12.5. The van der Waals surface area contributed by atoms with Gasteiger partial charge in [0.1, 0.15) is 0 Å². The first kappa shape index (κ1) is 13.2. The molecule has 0 fully saturated rings. The highest BCUT2D eigenvalue weighted by atomic mass is 35.5. The molecule has 0 saturated heterocycles. The Morgan fingerprint density at radius 1 is 1.12 bits per heavy atom. The largest absolute Gasteiger partial charge is 0.357 e. The van der Waals surface area contributed by atoms with Gasteiger partial charge in [-0.15, -0.1) is 10.2 Å². The summed E-state index contributed by atoms with van der Waals surface area (Å²) in [4.78, 5) is 2.13. The van der Waals surface area contributed by atoms with Gasteiger partial charge in [-0.05, 0) is 30.4 Å². The minimum atomic E-state index is 0.233.